The molecule has 0 unspecified atom stereocenters. The van der Waals surface area contributed by atoms with Crippen LogP contribution in [-0.4, -0.2) is 4.57 Å². The van der Waals surface area contributed by atoms with E-state index in [1.54, 1.807) is 0 Å². The molecule has 11 rings (SSSR count). The van der Waals surface area contributed by atoms with E-state index < -0.39 is 0 Å². The molecule has 0 saturated heterocycles. The predicted octanol–water partition coefficient (Wildman–Crippen LogP) is 14.9. The molecule has 0 bridgehead atoms. The lowest BCUT2D eigenvalue weighted by molar-refractivity contribution is 1.19. The first-order valence-electron chi connectivity index (χ1n) is 19.3. The third-order valence-electron chi connectivity index (χ3n) is 11.4. The summed E-state index contributed by atoms with van der Waals surface area (Å²) < 4.78 is 2.48. The van der Waals surface area contributed by atoms with Gasteiger partial charge in [0, 0.05) is 39.0 Å². The fraction of sp³-hybridized carbons (Fsp3) is 0. The van der Waals surface area contributed by atoms with E-state index in [0.29, 0.717) is 0 Å². The Kier molecular flexibility index (Phi) is 7.53. The standard InChI is InChI=1S/C54H36N2/c1-3-12-37(13-4-1)38-22-24-39(25-23-38)40-26-31-44(32-27-40)55(43-14-5-2-6-15-43)45-33-28-41(29-34-45)42-30-35-53-51(36-42)50-20-11-19-49-47-17-8-7-16-46(47)48-18-9-10-21-52(48)56(53)54(49)50/h1-36H. The van der Waals surface area contributed by atoms with Crippen molar-refractivity contribution in [2.45, 2.75) is 0 Å². The molecule has 1 aliphatic heterocycles. The third-order valence-corrected chi connectivity index (χ3v) is 11.4. The van der Waals surface area contributed by atoms with Gasteiger partial charge in [0.25, 0.3) is 0 Å². The maximum absolute atomic E-state index is 2.48. The van der Waals surface area contributed by atoms with Crippen molar-refractivity contribution in [3.05, 3.63) is 218 Å². The van der Waals surface area contributed by atoms with E-state index in [9.17, 15) is 0 Å². The monoisotopic (exact) mass is 712 g/mol. The van der Waals surface area contributed by atoms with E-state index in [-0.39, 0.29) is 0 Å². The molecule has 0 saturated carbocycles. The Morgan fingerprint density at radius 2 is 0.732 bits per heavy atom. The molecule has 262 valence electrons. The molecule has 56 heavy (non-hydrogen) atoms. The zero-order valence-electron chi connectivity index (χ0n) is 30.7. The second-order valence-electron chi connectivity index (χ2n) is 14.5. The fourth-order valence-corrected chi connectivity index (χ4v) is 8.68. The Hall–Kier alpha value is -7.42. The number of rotatable bonds is 6. The molecule has 1 aromatic heterocycles. The molecular formula is C54H36N2. The van der Waals surface area contributed by atoms with Crippen LogP contribution in [0.25, 0.3) is 83.1 Å². The highest BCUT2D eigenvalue weighted by Crippen LogP contribution is 2.47. The van der Waals surface area contributed by atoms with Crippen molar-refractivity contribution in [2.75, 3.05) is 4.90 Å². The number of para-hydroxylation sites is 3. The Morgan fingerprint density at radius 3 is 1.38 bits per heavy atom. The van der Waals surface area contributed by atoms with Crippen molar-refractivity contribution in [2.24, 2.45) is 0 Å². The van der Waals surface area contributed by atoms with Crippen LogP contribution in [0.3, 0.4) is 0 Å². The summed E-state index contributed by atoms with van der Waals surface area (Å²) in [5.41, 5.74) is 19.4. The number of hydrogen-bond donors (Lipinski definition) is 0. The average Bonchev–Trinajstić information content (AvgIpc) is 3.55. The molecule has 0 amide bonds. The van der Waals surface area contributed by atoms with E-state index in [4.69, 9.17) is 0 Å². The van der Waals surface area contributed by atoms with Crippen LogP contribution in [0.2, 0.25) is 0 Å². The van der Waals surface area contributed by atoms with Gasteiger partial charge in [0.1, 0.15) is 0 Å². The smallest absolute Gasteiger partial charge is 0.0619 e. The molecule has 0 atom stereocenters. The number of anilines is 3. The van der Waals surface area contributed by atoms with Gasteiger partial charge in [-0.3, -0.25) is 0 Å². The van der Waals surface area contributed by atoms with Crippen LogP contribution < -0.4 is 4.90 Å². The van der Waals surface area contributed by atoms with Gasteiger partial charge in [-0.05, 0) is 99.1 Å². The van der Waals surface area contributed by atoms with Crippen molar-refractivity contribution in [3.8, 4) is 61.3 Å². The van der Waals surface area contributed by atoms with Crippen LogP contribution in [-0.2, 0) is 0 Å². The van der Waals surface area contributed by atoms with E-state index >= 15 is 0 Å². The van der Waals surface area contributed by atoms with Gasteiger partial charge in [0.2, 0.25) is 0 Å². The molecule has 1 aliphatic rings. The first-order valence-corrected chi connectivity index (χ1v) is 19.3. The molecule has 0 spiro atoms. The molecule has 2 heterocycles. The zero-order chi connectivity index (χ0) is 37.0. The van der Waals surface area contributed by atoms with E-state index in [2.05, 4.69) is 228 Å². The maximum Gasteiger partial charge on any atom is 0.0619 e. The van der Waals surface area contributed by atoms with Crippen LogP contribution in [0.1, 0.15) is 0 Å². The normalized spacial score (nSPS) is 11.6. The topological polar surface area (TPSA) is 8.17 Å². The average molecular weight is 713 g/mol. The summed E-state index contributed by atoms with van der Waals surface area (Å²) in [6.07, 6.45) is 0. The second-order valence-corrected chi connectivity index (χ2v) is 14.5. The fourth-order valence-electron chi connectivity index (χ4n) is 8.68. The van der Waals surface area contributed by atoms with Gasteiger partial charge in [-0.2, -0.15) is 0 Å². The lowest BCUT2D eigenvalue weighted by Gasteiger charge is -2.26. The van der Waals surface area contributed by atoms with E-state index in [1.165, 1.54) is 83.1 Å². The minimum absolute atomic E-state index is 1.11. The van der Waals surface area contributed by atoms with Gasteiger partial charge in [0.05, 0.1) is 16.7 Å². The SMILES string of the molecule is c1ccc(-c2ccc(-c3ccc(N(c4ccccc4)c4ccc(-c5ccc6c(c5)c5cccc7c5n6-c5ccccc5-c5ccccc5-7)cc4)cc3)cc2)cc1. The second kappa shape index (κ2) is 13.2. The molecule has 0 fully saturated rings. The Bertz CT molecular complexity index is 3030. The number of fused-ring (bicyclic) bond motifs is 8. The lowest BCUT2D eigenvalue weighted by Crippen LogP contribution is -2.09. The van der Waals surface area contributed by atoms with Gasteiger partial charge >= 0.3 is 0 Å². The number of aromatic nitrogens is 1. The summed E-state index contributed by atoms with van der Waals surface area (Å²) in [6.45, 7) is 0. The van der Waals surface area contributed by atoms with Crippen molar-refractivity contribution >= 4 is 38.9 Å². The summed E-state index contributed by atoms with van der Waals surface area (Å²) in [7, 11) is 0. The lowest BCUT2D eigenvalue weighted by atomic mass is 9.93. The van der Waals surface area contributed by atoms with Gasteiger partial charge in [-0.15, -0.1) is 0 Å². The van der Waals surface area contributed by atoms with Crippen LogP contribution in [0.15, 0.2) is 218 Å². The summed E-state index contributed by atoms with van der Waals surface area (Å²) in [5, 5.41) is 2.53. The Labute approximate surface area is 326 Å². The van der Waals surface area contributed by atoms with Crippen LogP contribution in [0, 0.1) is 0 Å². The van der Waals surface area contributed by atoms with Crippen molar-refractivity contribution < 1.29 is 0 Å². The van der Waals surface area contributed by atoms with Gasteiger partial charge < -0.3 is 9.47 Å². The maximum atomic E-state index is 2.48. The summed E-state index contributed by atoms with van der Waals surface area (Å²) in [4.78, 5) is 2.33. The Morgan fingerprint density at radius 1 is 0.286 bits per heavy atom. The van der Waals surface area contributed by atoms with E-state index in [1.807, 2.05) is 0 Å². The van der Waals surface area contributed by atoms with Gasteiger partial charge in [-0.1, -0.05) is 164 Å². The third kappa shape index (κ3) is 5.26. The largest absolute Gasteiger partial charge is 0.311 e. The van der Waals surface area contributed by atoms with Crippen molar-refractivity contribution in [3.63, 3.8) is 0 Å². The Balaban J connectivity index is 0.956. The summed E-state index contributed by atoms with van der Waals surface area (Å²) in [5.74, 6) is 0. The molecule has 9 aromatic carbocycles. The predicted molar refractivity (Wildman–Crippen MR) is 236 cm³/mol. The first-order chi connectivity index (χ1) is 27.8. The molecular weight excluding hydrogens is 677 g/mol. The molecule has 2 nitrogen and oxygen atoms in total. The number of nitrogens with zero attached hydrogens (tertiary/aromatic N) is 2. The molecule has 2 heteroatoms. The highest BCUT2D eigenvalue weighted by Gasteiger charge is 2.24. The summed E-state index contributed by atoms with van der Waals surface area (Å²) >= 11 is 0. The highest BCUT2D eigenvalue weighted by atomic mass is 15.1. The molecule has 0 aliphatic carbocycles. The number of benzene rings is 9. The van der Waals surface area contributed by atoms with Crippen LogP contribution in [0.4, 0.5) is 17.1 Å². The zero-order valence-corrected chi connectivity index (χ0v) is 30.7. The van der Waals surface area contributed by atoms with Crippen LogP contribution in [0.5, 0.6) is 0 Å². The van der Waals surface area contributed by atoms with Crippen LogP contribution >= 0.6 is 0 Å². The molecule has 10 aromatic rings. The summed E-state index contributed by atoms with van der Waals surface area (Å²) in [6, 6.07) is 79.3. The minimum atomic E-state index is 1.11. The van der Waals surface area contributed by atoms with Crippen molar-refractivity contribution in [1.82, 2.24) is 4.57 Å². The van der Waals surface area contributed by atoms with E-state index in [0.717, 1.165) is 17.1 Å². The highest BCUT2D eigenvalue weighted by molar-refractivity contribution is 6.17. The van der Waals surface area contributed by atoms with Gasteiger partial charge in [0.15, 0.2) is 0 Å². The molecule has 0 radical (unpaired) electrons. The quantitative estimate of drug-likeness (QED) is 0.167. The first kappa shape index (κ1) is 32.0. The minimum Gasteiger partial charge on any atom is -0.311 e. The molecule has 0 N–H and O–H groups in total. The van der Waals surface area contributed by atoms with Gasteiger partial charge in [-0.25, -0.2) is 0 Å². The van der Waals surface area contributed by atoms with Crippen molar-refractivity contribution in [1.29, 1.82) is 0 Å². The number of hydrogen-bond acceptors (Lipinski definition) is 1.